The summed E-state index contributed by atoms with van der Waals surface area (Å²) in [7, 11) is 2.19. The zero-order valence-electron chi connectivity index (χ0n) is 11.2. The van der Waals surface area contributed by atoms with Crippen molar-refractivity contribution in [3.8, 4) is 0 Å². The molecule has 0 aliphatic carbocycles. The normalized spacial score (nSPS) is 17.8. The van der Waals surface area contributed by atoms with Gasteiger partial charge in [-0.05, 0) is 32.1 Å². The van der Waals surface area contributed by atoms with Gasteiger partial charge in [-0.2, -0.15) is 0 Å². The Morgan fingerprint density at radius 3 is 2.61 bits per heavy atom. The quantitative estimate of drug-likeness (QED) is 0.609. The van der Waals surface area contributed by atoms with Crippen molar-refractivity contribution in [1.29, 1.82) is 0 Å². The standard InChI is InChI=1S/C14H24N4/c1-17-9-11-18(12-10-17)8-4-7-16-14-6-3-2-5-13(14)15/h2-3,5-6,16H,4,7-12,15H2,1H3. The van der Waals surface area contributed by atoms with E-state index in [2.05, 4.69) is 22.2 Å². The Bertz CT molecular complexity index is 359. The lowest BCUT2D eigenvalue weighted by Gasteiger charge is -2.32. The molecule has 1 heterocycles. The number of nitrogens with zero attached hydrogens (tertiary/aromatic N) is 2. The SMILES string of the molecule is CN1CCN(CCCNc2ccccc2N)CC1. The molecule has 1 aliphatic heterocycles. The summed E-state index contributed by atoms with van der Waals surface area (Å²) in [4.78, 5) is 4.93. The van der Waals surface area contributed by atoms with E-state index >= 15 is 0 Å². The van der Waals surface area contributed by atoms with E-state index in [0.717, 1.165) is 24.3 Å². The molecule has 1 saturated heterocycles. The third-order valence-electron chi connectivity index (χ3n) is 3.52. The second kappa shape index (κ2) is 6.61. The third kappa shape index (κ3) is 3.89. The Balaban J connectivity index is 1.63. The number of rotatable bonds is 5. The summed E-state index contributed by atoms with van der Waals surface area (Å²) in [5, 5.41) is 3.40. The summed E-state index contributed by atoms with van der Waals surface area (Å²) in [6, 6.07) is 7.94. The summed E-state index contributed by atoms with van der Waals surface area (Å²) in [6.07, 6.45) is 1.16. The average Bonchev–Trinajstić information content (AvgIpc) is 2.39. The largest absolute Gasteiger partial charge is 0.397 e. The second-order valence-electron chi connectivity index (χ2n) is 5.01. The Hall–Kier alpha value is -1.26. The number of benzene rings is 1. The molecule has 4 heteroatoms. The first-order chi connectivity index (χ1) is 8.75. The van der Waals surface area contributed by atoms with Gasteiger partial charge in [-0.15, -0.1) is 0 Å². The summed E-state index contributed by atoms with van der Waals surface area (Å²) in [6.45, 7) is 6.94. The van der Waals surface area contributed by atoms with E-state index in [0.29, 0.717) is 0 Å². The highest BCUT2D eigenvalue weighted by Gasteiger charge is 2.12. The molecule has 0 saturated carbocycles. The third-order valence-corrected chi connectivity index (χ3v) is 3.52. The maximum Gasteiger partial charge on any atom is 0.0573 e. The van der Waals surface area contributed by atoms with Crippen molar-refractivity contribution in [3.05, 3.63) is 24.3 Å². The number of hydrogen-bond acceptors (Lipinski definition) is 4. The number of likely N-dealkylation sites (N-methyl/N-ethyl adjacent to an activating group) is 1. The van der Waals surface area contributed by atoms with Crippen LogP contribution in [0.15, 0.2) is 24.3 Å². The molecule has 1 aromatic carbocycles. The highest BCUT2D eigenvalue weighted by Crippen LogP contribution is 2.16. The van der Waals surface area contributed by atoms with Gasteiger partial charge in [0, 0.05) is 32.7 Å². The van der Waals surface area contributed by atoms with Crippen LogP contribution in [0.2, 0.25) is 0 Å². The Morgan fingerprint density at radius 1 is 1.17 bits per heavy atom. The summed E-state index contributed by atoms with van der Waals surface area (Å²) in [5.41, 5.74) is 7.76. The van der Waals surface area contributed by atoms with Gasteiger partial charge < -0.3 is 20.9 Å². The van der Waals surface area contributed by atoms with Gasteiger partial charge >= 0.3 is 0 Å². The van der Waals surface area contributed by atoms with Crippen LogP contribution in [0.3, 0.4) is 0 Å². The van der Waals surface area contributed by atoms with E-state index in [9.17, 15) is 0 Å². The molecular formula is C14H24N4. The number of nitrogens with two attached hydrogens (primary N) is 1. The predicted octanol–water partition coefficient (Wildman–Crippen LogP) is 1.32. The van der Waals surface area contributed by atoms with Gasteiger partial charge in [0.1, 0.15) is 0 Å². The van der Waals surface area contributed by atoms with Crippen molar-refractivity contribution in [2.24, 2.45) is 0 Å². The van der Waals surface area contributed by atoms with Crippen LogP contribution >= 0.6 is 0 Å². The van der Waals surface area contributed by atoms with Crippen molar-refractivity contribution in [1.82, 2.24) is 9.80 Å². The van der Waals surface area contributed by atoms with E-state index < -0.39 is 0 Å². The molecular weight excluding hydrogens is 224 g/mol. The lowest BCUT2D eigenvalue weighted by molar-refractivity contribution is 0.154. The predicted molar refractivity (Wildman–Crippen MR) is 77.9 cm³/mol. The maximum atomic E-state index is 5.88. The molecule has 1 aliphatic rings. The average molecular weight is 248 g/mol. The van der Waals surface area contributed by atoms with Crippen LogP contribution < -0.4 is 11.1 Å². The van der Waals surface area contributed by atoms with Crippen molar-refractivity contribution in [3.63, 3.8) is 0 Å². The van der Waals surface area contributed by atoms with Gasteiger partial charge in [0.05, 0.1) is 11.4 Å². The summed E-state index contributed by atoms with van der Waals surface area (Å²) < 4.78 is 0. The van der Waals surface area contributed by atoms with Gasteiger partial charge in [0.25, 0.3) is 0 Å². The fourth-order valence-corrected chi connectivity index (χ4v) is 2.26. The zero-order chi connectivity index (χ0) is 12.8. The topological polar surface area (TPSA) is 44.5 Å². The second-order valence-corrected chi connectivity index (χ2v) is 5.01. The number of piperazine rings is 1. The molecule has 0 radical (unpaired) electrons. The highest BCUT2D eigenvalue weighted by atomic mass is 15.2. The molecule has 3 N–H and O–H groups in total. The molecule has 0 unspecified atom stereocenters. The van der Waals surface area contributed by atoms with Crippen molar-refractivity contribution in [2.45, 2.75) is 6.42 Å². The molecule has 0 amide bonds. The maximum absolute atomic E-state index is 5.88. The minimum Gasteiger partial charge on any atom is -0.397 e. The first-order valence-electron chi connectivity index (χ1n) is 6.75. The molecule has 1 fully saturated rings. The van der Waals surface area contributed by atoms with Crippen LogP contribution in [-0.4, -0.2) is 56.1 Å². The summed E-state index contributed by atoms with van der Waals surface area (Å²) in [5.74, 6) is 0. The van der Waals surface area contributed by atoms with Gasteiger partial charge in [-0.1, -0.05) is 12.1 Å². The molecule has 1 aromatic rings. The van der Waals surface area contributed by atoms with Crippen molar-refractivity contribution < 1.29 is 0 Å². The van der Waals surface area contributed by atoms with E-state index in [1.807, 2.05) is 24.3 Å². The van der Waals surface area contributed by atoms with Gasteiger partial charge in [0.15, 0.2) is 0 Å². The van der Waals surface area contributed by atoms with Gasteiger partial charge in [-0.3, -0.25) is 0 Å². The van der Waals surface area contributed by atoms with E-state index in [-0.39, 0.29) is 0 Å². The number of hydrogen-bond donors (Lipinski definition) is 2. The van der Waals surface area contributed by atoms with Crippen LogP contribution in [0.5, 0.6) is 0 Å². The van der Waals surface area contributed by atoms with Crippen LogP contribution in [0.4, 0.5) is 11.4 Å². The van der Waals surface area contributed by atoms with Gasteiger partial charge in [-0.25, -0.2) is 0 Å². The van der Waals surface area contributed by atoms with E-state index in [1.54, 1.807) is 0 Å². The molecule has 2 rings (SSSR count). The monoisotopic (exact) mass is 248 g/mol. The van der Waals surface area contributed by atoms with Crippen LogP contribution in [0.1, 0.15) is 6.42 Å². The minimum atomic E-state index is 0.831. The smallest absolute Gasteiger partial charge is 0.0573 e. The fourth-order valence-electron chi connectivity index (χ4n) is 2.26. The fraction of sp³-hybridized carbons (Fsp3) is 0.571. The molecule has 100 valence electrons. The summed E-state index contributed by atoms with van der Waals surface area (Å²) >= 11 is 0. The zero-order valence-corrected chi connectivity index (χ0v) is 11.2. The van der Waals surface area contributed by atoms with E-state index in [4.69, 9.17) is 5.73 Å². The highest BCUT2D eigenvalue weighted by molar-refractivity contribution is 5.65. The van der Waals surface area contributed by atoms with Crippen LogP contribution in [-0.2, 0) is 0 Å². The number of anilines is 2. The van der Waals surface area contributed by atoms with E-state index in [1.165, 1.54) is 32.7 Å². The van der Waals surface area contributed by atoms with Crippen molar-refractivity contribution >= 4 is 11.4 Å². The lowest BCUT2D eigenvalue weighted by Crippen LogP contribution is -2.44. The van der Waals surface area contributed by atoms with Gasteiger partial charge in [0.2, 0.25) is 0 Å². The number of nitrogens with one attached hydrogen (secondary N) is 1. The Kier molecular flexibility index (Phi) is 4.84. The first-order valence-corrected chi connectivity index (χ1v) is 6.75. The first kappa shape index (κ1) is 13.2. The van der Waals surface area contributed by atoms with Crippen molar-refractivity contribution in [2.75, 3.05) is 57.4 Å². The van der Waals surface area contributed by atoms with Crippen LogP contribution in [0.25, 0.3) is 0 Å². The Morgan fingerprint density at radius 2 is 1.89 bits per heavy atom. The number of nitrogen functional groups attached to an aromatic ring is 1. The van der Waals surface area contributed by atoms with Crippen LogP contribution in [0, 0.1) is 0 Å². The minimum absolute atomic E-state index is 0.831. The molecule has 18 heavy (non-hydrogen) atoms. The molecule has 4 nitrogen and oxygen atoms in total. The number of para-hydroxylation sites is 2. The molecule has 0 spiro atoms. The molecule has 0 aromatic heterocycles. The lowest BCUT2D eigenvalue weighted by atomic mass is 10.2. The molecule has 0 atom stereocenters. The molecule has 0 bridgehead atoms. The Labute approximate surface area is 110 Å².